The van der Waals surface area contributed by atoms with E-state index in [1.54, 1.807) is 10.7 Å². The normalized spacial score (nSPS) is 14.5. The second-order valence-electron chi connectivity index (χ2n) is 5.12. The van der Waals surface area contributed by atoms with Crippen molar-refractivity contribution < 1.29 is 9.32 Å². The Hall–Kier alpha value is -2.18. The third-order valence-electron chi connectivity index (χ3n) is 3.39. The summed E-state index contributed by atoms with van der Waals surface area (Å²) in [5.74, 6) is 1.65. The molecule has 2 aromatic heterocycles. The van der Waals surface area contributed by atoms with Crippen LogP contribution < -0.4 is 5.32 Å². The molecule has 2 aromatic rings. The van der Waals surface area contributed by atoms with Crippen molar-refractivity contribution in [3.05, 3.63) is 29.2 Å². The average molecular weight is 275 g/mol. The van der Waals surface area contributed by atoms with Crippen molar-refractivity contribution in [3.63, 3.8) is 0 Å². The molecule has 20 heavy (non-hydrogen) atoms. The van der Waals surface area contributed by atoms with Crippen molar-refractivity contribution in [2.75, 3.05) is 6.54 Å². The zero-order valence-electron chi connectivity index (χ0n) is 11.6. The minimum Gasteiger partial charge on any atom is -0.350 e. The minimum atomic E-state index is -0.181. The first-order valence-electron chi connectivity index (χ1n) is 6.75. The second kappa shape index (κ2) is 5.07. The number of hydrogen-bond donors (Lipinski definition) is 1. The molecule has 3 rings (SSSR count). The van der Waals surface area contributed by atoms with Crippen LogP contribution in [0.3, 0.4) is 0 Å². The fourth-order valence-corrected chi connectivity index (χ4v) is 1.92. The van der Waals surface area contributed by atoms with Crippen LogP contribution in [0, 0.1) is 6.92 Å². The molecule has 106 valence electrons. The molecular formula is C13H17N5O2. The van der Waals surface area contributed by atoms with Crippen LogP contribution in [0.5, 0.6) is 0 Å². The number of carbonyl (C=O) groups excluding carboxylic acids is 1. The summed E-state index contributed by atoms with van der Waals surface area (Å²) in [6.45, 7) is 2.38. The van der Waals surface area contributed by atoms with E-state index < -0.39 is 0 Å². The van der Waals surface area contributed by atoms with Gasteiger partial charge in [0.2, 0.25) is 5.89 Å². The van der Waals surface area contributed by atoms with Gasteiger partial charge in [-0.15, -0.1) is 0 Å². The van der Waals surface area contributed by atoms with Gasteiger partial charge in [0.15, 0.2) is 5.82 Å². The van der Waals surface area contributed by atoms with Gasteiger partial charge in [0.1, 0.15) is 5.69 Å². The summed E-state index contributed by atoms with van der Waals surface area (Å²) in [5.41, 5.74) is 1.37. The molecule has 1 aliphatic carbocycles. The van der Waals surface area contributed by atoms with E-state index in [4.69, 9.17) is 4.52 Å². The maximum atomic E-state index is 11.9. The van der Waals surface area contributed by atoms with Gasteiger partial charge in [0, 0.05) is 31.6 Å². The molecule has 0 bridgehead atoms. The molecule has 0 unspecified atom stereocenters. The summed E-state index contributed by atoms with van der Waals surface area (Å²) in [4.78, 5) is 16.2. The molecule has 0 spiro atoms. The molecular weight excluding hydrogens is 258 g/mol. The Labute approximate surface area is 116 Å². The molecule has 1 aliphatic rings. The van der Waals surface area contributed by atoms with Crippen molar-refractivity contribution >= 4 is 5.91 Å². The Bertz CT molecular complexity index is 607. The predicted octanol–water partition coefficient (Wildman–Crippen LogP) is 0.961. The van der Waals surface area contributed by atoms with Crippen molar-refractivity contribution in [1.29, 1.82) is 0 Å². The summed E-state index contributed by atoms with van der Waals surface area (Å²) in [6.07, 6.45) is 2.84. The number of carbonyl (C=O) groups is 1. The lowest BCUT2D eigenvalue weighted by Gasteiger charge is -1.99. The first-order valence-corrected chi connectivity index (χ1v) is 6.75. The van der Waals surface area contributed by atoms with Crippen LogP contribution in [-0.4, -0.2) is 32.4 Å². The molecule has 0 saturated heterocycles. The first kappa shape index (κ1) is 12.8. The number of nitrogens with zero attached hydrogens (tertiary/aromatic N) is 4. The third kappa shape index (κ3) is 2.71. The van der Waals surface area contributed by atoms with Crippen LogP contribution in [0.1, 0.15) is 46.7 Å². The van der Waals surface area contributed by atoms with Gasteiger partial charge in [-0.3, -0.25) is 9.48 Å². The largest absolute Gasteiger partial charge is 0.350 e. The maximum Gasteiger partial charge on any atom is 0.271 e. The molecule has 0 atom stereocenters. The zero-order chi connectivity index (χ0) is 14.1. The lowest BCUT2D eigenvalue weighted by Crippen LogP contribution is -2.26. The summed E-state index contributed by atoms with van der Waals surface area (Å²) in [5, 5.41) is 10.8. The Balaban J connectivity index is 1.50. The van der Waals surface area contributed by atoms with Crippen LogP contribution in [0.15, 0.2) is 10.6 Å². The topological polar surface area (TPSA) is 85.8 Å². The lowest BCUT2D eigenvalue weighted by atomic mass is 10.3. The zero-order valence-corrected chi connectivity index (χ0v) is 11.6. The van der Waals surface area contributed by atoms with E-state index in [9.17, 15) is 4.79 Å². The highest BCUT2D eigenvalue weighted by Gasteiger charge is 2.29. The molecule has 1 amide bonds. The quantitative estimate of drug-likeness (QED) is 0.878. The van der Waals surface area contributed by atoms with E-state index in [2.05, 4.69) is 20.6 Å². The highest BCUT2D eigenvalue weighted by Crippen LogP contribution is 2.38. The van der Waals surface area contributed by atoms with Gasteiger partial charge in [0.05, 0.1) is 0 Å². The third-order valence-corrected chi connectivity index (χ3v) is 3.39. The summed E-state index contributed by atoms with van der Waals surface area (Å²) >= 11 is 0. The van der Waals surface area contributed by atoms with E-state index in [-0.39, 0.29) is 5.91 Å². The Kier molecular flexibility index (Phi) is 3.25. The standard InChI is InChI=1S/C13H17N5O2/c1-8-7-10(16-18(8)2)12(19)14-6-5-11-15-13(20-17-11)9-3-4-9/h7,9H,3-6H2,1-2H3,(H,14,19). The van der Waals surface area contributed by atoms with E-state index >= 15 is 0 Å². The fraction of sp³-hybridized carbons (Fsp3) is 0.538. The van der Waals surface area contributed by atoms with Crippen LogP contribution >= 0.6 is 0 Å². The van der Waals surface area contributed by atoms with Crippen molar-refractivity contribution in [2.45, 2.75) is 32.1 Å². The van der Waals surface area contributed by atoms with Crippen molar-refractivity contribution in [1.82, 2.24) is 25.2 Å². The molecule has 0 radical (unpaired) electrons. The molecule has 0 aliphatic heterocycles. The molecule has 2 heterocycles. The predicted molar refractivity (Wildman–Crippen MR) is 70.3 cm³/mol. The lowest BCUT2D eigenvalue weighted by molar-refractivity contribution is 0.0948. The molecule has 7 nitrogen and oxygen atoms in total. The highest BCUT2D eigenvalue weighted by molar-refractivity contribution is 5.92. The smallest absolute Gasteiger partial charge is 0.271 e. The number of hydrogen-bond acceptors (Lipinski definition) is 5. The molecule has 1 N–H and O–H groups in total. The number of rotatable bonds is 5. The van der Waals surface area contributed by atoms with Crippen LogP contribution in [-0.2, 0) is 13.5 Å². The molecule has 7 heteroatoms. The van der Waals surface area contributed by atoms with Crippen LogP contribution in [0.2, 0.25) is 0 Å². The second-order valence-corrected chi connectivity index (χ2v) is 5.12. The summed E-state index contributed by atoms with van der Waals surface area (Å²) in [6, 6.07) is 1.76. The average Bonchev–Trinajstić information content (AvgIpc) is 3.08. The van der Waals surface area contributed by atoms with Gasteiger partial charge in [-0.2, -0.15) is 10.1 Å². The molecule has 0 aromatic carbocycles. The van der Waals surface area contributed by atoms with Crippen molar-refractivity contribution in [3.8, 4) is 0 Å². The number of aryl methyl sites for hydroxylation is 2. The molecule has 1 saturated carbocycles. The minimum absolute atomic E-state index is 0.181. The number of amides is 1. The first-order chi connectivity index (χ1) is 9.63. The number of nitrogens with one attached hydrogen (secondary N) is 1. The maximum absolute atomic E-state index is 11.9. The summed E-state index contributed by atoms with van der Waals surface area (Å²) in [7, 11) is 1.81. The fourth-order valence-electron chi connectivity index (χ4n) is 1.92. The summed E-state index contributed by atoms with van der Waals surface area (Å²) < 4.78 is 6.84. The molecule has 1 fully saturated rings. The Morgan fingerprint density at radius 3 is 3.00 bits per heavy atom. The monoisotopic (exact) mass is 275 g/mol. The van der Waals surface area contributed by atoms with Gasteiger partial charge < -0.3 is 9.84 Å². The van der Waals surface area contributed by atoms with E-state index in [1.807, 2.05) is 14.0 Å². The van der Waals surface area contributed by atoms with Gasteiger partial charge in [-0.05, 0) is 25.8 Å². The van der Waals surface area contributed by atoms with Gasteiger partial charge in [-0.1, -0.05) is 5.16 Å². The van der Waals surface area contributed by atoms with Crippen LogP contribution in [0.4, 0.5) is 0 Å². The van der Waals surface area contributed by atoms with E-state index in [0.717, 1.165) is 24.4 Å². The van der Waals surface area contributed by atoms with Gasteiger partial charge in [0.25, 0.3) is 5.91 Å². The van der Waals surface area contributed by atoms with Crippen LogP contribution in [0.25, 0.3) is 0 Å². The van der Waals surface area contributed by atoms with E-state index in [1.165, 1.54) is 0 Å². The Morgan fingerprint density at radius 2 is 2.35 bits per heavy atom. The van der Waals surface area contributed by atoms with Crippen molar-refractivity contribution in [2.24, 2.45) is 7.05 Å². The number of aromatic nitrogens is 4. The van der Waals surface area contributed by atoms with E-state index in [0.29, 0.717) is 30.4 Å². The Morgan fingerprint density at radius 1 is 1.55 bits per heavy atom. The SMILES string of the molecule is Cc1cc(C(=O)NCCc2noc(C3CC3)n2)nn1C. The highest BCUT2D eigenvalue weighted by atomic mass is 16.5. The van der Waals surface area contributed by atoms with Gasteiger partial charge in [-0.25, -0.2) is 0 Å². The van der Waals surface area contributed by atoms with Gasteiger partial charge >= 0.3 is 0 Å².